The lowest BCUT2D eigenvalue weighted by Crippen LogP contribution is -2.33. The molecule has 0 atom stereocenters. The molecule has 0 radical (unpaired) electrons. The Bertz CT molecular complexity index is 2120. The Morgan fingerprint density at radius 1 is 0.641 bits per heavy atom. The molecule has 0 saturated heterocycles. The molecule has 39 heavy (non-hydrogen) atoms. The Labute approximate surface area is 227 Å². The molecule has 6 rings (SSSR count). The first-order chi connectivity index (χ1) is 18.6. The number of fused-ring (bicyclic) bond motifs is 4. The molecule has 5 aromatic carbocycles. The average molecular weight is 554 g/mol. The number of benzene rings is 5. The fourth-order valence-electron chi connectivity index (χ4n) is 5.04. The standard InChI is InChI=1S/C31H25N2O4S2/c1-38(34,35)24-14-12-21(13-15-24)18-22-19-30-31(26-17-16-25(20-27(22)26)39(2,36)37)32-28-10-6-7-11-29(28)33(30)23-8-4-3-5-9-23/h3-17,19-20H,18H2,1-2H3/q+1. The van der Waals surface area contributed by atoms with Crippen molar-refractivity contribution >= 4 is 52.5 Å². The molecule has 6 aromatic rings. The molecule has 8 heteroatoms. The second-order valence-electron chi connectivity index (χ2n) is 9.75. The molecule has 0 spiro atoms. The van der Waals surface area contributed by atoms with Crippen LogP contribution in [0.3, 0.4) is 0 Å². The van der Waals surface area contributed by atoms with Crippen LogP contribution < -0.4 is 4.57 Å². The van der Waals surface area contributed by atoms with Crippen LogP contribution in [-0.2, 0) is 26.1 Å². The van der Waals surface area contributed by atoms with Crippen LogP contribution in [0.1, 0.15) is 11.1 Å². The first-order valence-electron chi connectivity index (χ1n) is 12.3. The second-order valence-corrected chi connectivity index (χ2v) is 13.8. The van der Waals surface area contributed by atoms with Gasteiger partial charge in [-0.25, -0.2) is 21.8 Å². The molecular weight excluding hydrogens is 528 g/mol. The van der Waals surface area contributed by atoms with Crippen molar-refractivity contribution in [3.63, 3.8) is 0 Å². The Hall–Kier alpha value is -4.14. The van der Waals surface area contributed by atoms with E-state index in [-0.39, 0.29) is 9.79 Å². The number of nitrogens with zero attached hydrogens (tertiary/aromatic N) is 2. The van der Waals surface area contributed by atoms with Gasteiger partial charge in [0.15, 0.2) is 19.7 Å². The Morgan fingerprint density at radius 3 is 1.97 bits per heavy atom. The van der Waals surface area contributed by atoms with Crippen molar-refractivity contribution < 1.29 is 21.4 Å². The molecule has 0 aliphatic heterocycles. The van der Waals surface area contributed by atoms with Crippen molar-refractivity contribution in [3.8, 4) is 5.69 Å². The lowest BCUT2D eigenvalue weighted by atomic mass is 9.96. The van der Waals surface area contributed by atoms with Gasteiger partial charge in [0.25, 0.3) is 0 Å². The average Bonchev–Trinajstić information content (AvgIpc) is 2.91. The third kappa shape index (κ3) is 4.66. The minimum atomic E-state index is -3.44. The van der Waals surface area contributed by atoms with Crippen LogP contribution in [0.15, 0.2) is 113 Å². The van der Waals surface area contributed by atoms with Gasteiger partial charge in [0.1, 0.15) is 11.0 Å². The van der Waals surface area contributed by atoms with Crippen LogP contribution in [0.2, 0.25) is 0 Å². The number of rotatable bonds is 5. The van der Waals surface area contributed by atoms with Gasteiger partial charge in [-0.3, -0.25) is 0 Å². The summed E-state index contributed by atoms with van der Waals surface area (Å²) < 4.78 is 51.1. The summed E-state index contributed by atoms with van der Waals surface area (Å²) in [5.74, 6) is 0. The van der Waals surface area contributed by atoms with E-state index in [0.29, 0.717) is 6.42 Å². The molecule has 194 valence electrons. The van der Waals surface area contributed by atoms with Gasteiger partial charge < -0.3 is 0 Å². The highest BCUT2D eigenvalue weighted by atomic mass is 32.2. The first-order valence-corrected chi connectivity index (χ1v) is 16.1. The number of aromatic nitrogens is 2. The largest absolute Gasteiger partial charge is 0.238 e. The van der Waals surface area contributed by atoms with Gasteiger partial charge in [-0.2, -0.15) is 0 Å². The molecule has 0 saturated carbocycles. The van der Waals surface area contributed by atoms with E-state index in [1.54, 1.807) is 36.4 Å². The lowest BCUT2D eigenvalue weighted by Gasteiger charge is -2.13. The van der Waals surface area contributed by atoms with Gasteiger partial charge in [0.2, 0.25) is 16.7 Å². The maximum atomic E-state index is 12.5. The molecule has 0 aliphatic rings. The van der Waals surface area contributed by atoms with Crippen LogP contribution in [0.25, 0.3) is 38.5 Å². The summed E-state index contributed by atoms with van der Waals surface area (Å²) in [6.07, 6.45) is 2.87. The van der Waals surface area contributed by atoms with Crippen LogP contribution in [0.5, 0.6) is 0 Å². The van der Waals surface area contributed by atoms with Crippen molar-refractivity contribution in [3.05, 3.63) is 114 Å². The molecular formula is C31H25N2O4S2+. The SMILES string of the molecule is CS(=O)(=O)c1ccc(Cc2cc3c(nc4ccccc4[n+]3-c3ccccc3)c3ccc(S(C)(=O)=O)cc23)cc1. The van der Waals surface area contributed by atoms with E-state index in [4.69, 9.17) is 4.98 Å². The van der Waals surface area contributed by atoms with Gasteiger partial charge in [-0.1, -0.05) is 48.5 Å². The summed E-state index contributed by atoms with van der Waals surface area (Å²) in [6, 6.07) is 32.1. The zero-order valence-electron chi connectivity index (χ0n) is 21.4. The van der Waals surface area contributed by atoms with Crippen LogP contribution in [0, 0.1) is 0 Å². The van der Waals surface area contributed by atoms with E-state index >= 15 is 0 Å². The van der Waals surface area contributed by atoms with Gasteiger partial charge >= 0.3 is 0 Å². The van der Waals surface area contributed by atoms with Crippen LogP contribution >= 0.6 is 0 Å². The summed E-state index contributed by atoms with van der Waals surface area (Å²) in [7, 11) is -6.75. The highest BCUT2D eigenvalue weighted by Gasteiger charge is 2.23. The maximum absolute atomic E-state index is 12.5. The van der Waals surface area contributed by atoms with Crippen molar-refractivity contribution in [2.75, 3.05) is 12.5 Å². The minimum Gasteiger partial charge on any atom is -0.234 e. The molecule has 0 unspecified atom stereocenters. The maximum Gasteiger partial charge on any atom is 0.238 e. The van der Waals surface area contributed by atoms with Gasteiger partial charge in [-0.15, -0.1) is 4.57 Å². The van der Waals surface area contributed by atoms with E-state index in [1.807, 2.05) is 60.7 Å². The minimum absolute atomic E-state index is 0.236. The Kier molecular flexibility index (Phi) is 5.97. The van der Waals surface area contributed by atoms with Crippen LogP contribution in [0.4, 0.5) is 0 Å². The quantitative estimate of drug-likeness (QED) is 0.166. The fraction of sp³-hybridized carbons (Fsp3) is 0.0968. The molecule has 1 aromatic heterocycles. The zero-order valence-corrected chi connectivity index (χ0v) is 23.0. The Balaban J connectivity index is 1.70. The molecule has 0 bridgehead atoms. The third-order valence-electron chi connectivity index (χ3n) is 6.93. The van der Waals surface area contributed by atoms with Crippen molar-refractivity contribution in [2.24, 2.45) is 0 Å². The highest BCUT2D eigenvalue weighted by molar-refractivity contribution is 7.91. The van der Waals surface area contributed by atoms with E-state index in [9.17, 15) is 16.8 Å². The molecule has 0 N–H and O–H groups in total. The van der Waals surface area contributed by atoms with E-state index in [1.165, 1.54) is 12.5 Å². The predicted octanol–water partition coefficient (Wildman–Crippen LogP) is 5.22. The molecule has 0 fully saturated rings. The summed E-state index contributed by atoms with van der Waals surface area (Å²) in [4.78, 5) is 5.53. The topological polar surface area (TPSA) is 85.1 Å². The number of hydrogen-bond donors (Lipinski definition) is 0. The van der Waals surface area contributed by atoms with Crippen LogP contribution in [-0.4, -0.2) is 34.3 Å². The van der Waals surface area contributed by atoms with E-state index < -0.39 is 19.7 Å². The number of para-hydroxylation sites is 3. The zero-order chi connectivity index (χ0) is 27.4. The predicted molar refractivity (Wildman–Crippen MR) is 154 cm³/mol. The number of sulfone groups is 2. The molecule has 1 heterocycles. The molecule has 0 aliphatic carbocycles. The first kappa shape index (κ1) is 25.2. The summed E-state index contributed by atoms with van der Waals surface area (Å²) in [5, 5.41) is 1.64. The summed E-state index contributed by atoms with van der Waals surface area (Å²) in [6.45, 7) is 0. The third-order valence-corrected chi connectivity index (χ3v) is 9.17. The van der Waals surface area contributed by atoms with Gasteiger partial charge in [0.05, 0.1) is 9.79 Å². The summed E-state index contributed by atoms with van der Waals surface area (Å²) >= 11 is 0. The van der Waals surface area contributed by atoms with E-state index in [0.717, 1.165) is 49.7 Å². The Morgan fingerprint density at radius 2 is 1.28 bits per heavy atom. The molecule has 0 amide bonds. The smallest absolute Gasteiger partial charge is 0.234 e. The monoisotopic (exact) mass is 553 g/mol. The van der Waals surface area contributed by atoms with Crippen molar-refractivity contribution in [1.29, 1.82) is 0 Å². The van der Waals surface area contributed by atoms with Gasteiger partial charge in [0, 0.05) is 42.2 Å². The van der Waals surface area contributed by atoms with Crippen molar-refractivity contribution in [1.82, 2.24) is 4.98 Å². The lowest BCUT2D eigenvalue weighted by molar-refractivity contribution is -0.538. The normalized spacial score (nSPS) is 12.4. The highest BCUT2D eigenvalue weighted by Crippen LogP contribution is 2.32. The van der Waals surface area contributed by atoms with E-state index in [2.05, 4.69) is 10.6 Å². The van der Waals surface area contributed by atoms with Crippen molar-refractivity contribution in [2.45, 2.75) is 16.2 Å². The second kappa shape index (κ2) is 9.25. The fourth-order valence-corrected chi connectivity index (χ4v) is 6.31. The summed E-state index contributed by atoms with van der Waals surface area (Å²) in [5.41, 5.74) is 6.24. The number of hydrogen-bond acceptors (Lipinski definition) is 5. The van der Waals surface area contributed by atoms with Gasteiger partial charge in [-0.05, 0) is 53.3 Å². The molecule has 6 nitrogen and oxygen atoms in total.